The molecule has 7 nitrogen and oxygen atoms in total. The minimum absolute atomic E-state index is 0.557. The average molecular weight is 323 g/mol. The van der Waals surface area contributed by atoms with Gasteiger partial charge >= 0.3 is 0 Å². The van der Waals surface area contributed by atoms with Gasteiger partial charge in [-0.1, -0.05) is 23.0 Å². The van der Waals surface area contributed by atoms with E-state index in [1.165, 1.54) is 11.8 Å². The molecule has 9 heteroatoms. The van der Waals surface area contributed by atoms with Crippen LogP contribution in [0.3, 0.4) is 0 Å². The van der Waals surface area contributed by atoms with E-state index in [0.29, 0.717) is 24.1 Å². The Balaban J connectivity index is 1.62. The molecule has 3 heterocycles. The zero-order chi connectivity index (χ0) is 14.5. The van der Waals surface area contributed by atoms with Gasteiger partial charge in [0.1, 0.15) is 6.33 Å². The van der Waals surface area contributed by atoms with Crippen molar-refractivity contribution in [2.75, 3.05) is 13.7 Å². The standard InChI is InChI=1S/C12H13N5O2S2/c1-18-5-4-17-8-13-15-12(17)21-7-10-14-11(19-16-10)9-3-2-6-20-9/h2-3,6,8H,4-5,7H2,1H3. The van der Waals surface area contributed by atoms with E-state index in [4.69, 9.17) is 9.26 Å². The summed E-state index contributed by atoms with van der Waals surface area (Å²) in [6.07, 6.45) is 1.69. The number of hydrogen-bond donors (Lipinski definition) is 0. The zero-order valence-corrected chi connectivity index (χ0v) is 12.9. The van der Waals surface area contributed by atoms with E-state index in [0.717, 1.165) is 16.6 Å². The van der Waals surface area contributed by atoms with Crippen LogP contribution >= 0.6 is 23.1 Å². The molecule has 0 amide bonds. The van der Waals surface area contributed by atoms with Crippen molar-refractivity contribution in [3.63, 3.8) is 0 Å². The average Bonchev–Trinajstić information content (AvgIpc) is 3.22. The number of thioether (sulfide) groups is 1. The lowest BCUT2D eigenvalue weighted by molar-refractivity contribution is 0.184. The molecule has 0 aliphatic heterocycles. The highest BCUT2D eigenvalue weighted by atomic mass is 32.2. The molecule has 0 aromatic carbocycles. The van der Waals surface area contributed by atoms with Crippen molar-refractivity contribution in [2.45, 2.75) is 17.5 Å². The van der Waals surface area contributed by atoms with Crippen LogP contribution in [0.4, 0.5) is 0 Å². The minimum atomic E-state index is 0.557. The van der Waals surface area contributed by atoms with Gasteiger partial charge in [0.15, 0.2) is 11.0 Å². The van der Waals surface area contributed by atoms with Crippen molar-refractivity contribution in [2.24, 2.45) is 0 Å². The number of aromatic nitrogens is 5. The Bertz CT molecular complexity index is 679. The largest absolute Gasteiger partial charge is 0.383 e. The van der Waals surface area contributed by atoms with Crippen LogP contribution in [0.15, 0.2) is 33.5 Å². The summed E-state index contributed by atoms with van der Waals surface area (Å²) in [6.45, 7) is 1.34. The molecule has 0 atom stereocenters. The summed E-state index contributed by atoms with van der Waals surface area (Å²) in [5.41, 5.74) is 0. The lowest BCUT2D eigenvalue weighted by Gasteiger charge is -2.03. The van der Waals surface area contributed by atoms with E-state index < -0.39 is 0 Å². The van der Waals surface area contributed by atoms with Gasteiger partial charge < -0.3 is 13.8 Å². The number of ether oxygens (including phenoxy) is 1. The summed E-state index contributed by atoms with van der Waals surface area (Å²) < 4.78 is 12.2. The highest BCUT2D eigenvalue weighted by Crippen LogP contribution is 2.24. The normalized spacial score (nSPS) is 11.1. The molecule has 110 valence electrons. The van der Waals surface area contributed by atoms with Gasteiger partial charge in [-0.05, 0) is 11.4 Å². The van der Waals surface area contributed by atoms with Crippen molar-refractivity contribution in [3.8, 4) is 10.8 Å². The fourth-order valence-electron chi connectivity index (χ4n) is 1.64. The van der Waals surface area contributed by atoms with Crippen molar-refractivity contribution in [1.29, 1.82) is 0 Å². The van der Waals surface area contributed by atoms with Crippen LogP contribution in [0.5, 0.6) is 0 Å². The Hall–Kier alpha value is -1.71. The van der Waals surface area contributed by atoms with Crippen LogP contribution in [0, 0.1) is 0 Å². The summed E-state index contributed by atoms with van der Waals surface area (Å²) in [6, 6.07) is 3.91. The summed E-state index contributed by atoms with van der Waals surface area (Å²) in [7, 11) is 1.67. The third kappa shape index (κ3) is 3.49. The van der Waals surface area contributed by atoms with Crippen LogP contribution in [0.2, 0.25) is 0 Å². The molecular formula is C12H13N5O2S2. The summed E-state index contributed by atoms with van der Waals surface area (Å²) in [5.74, 6) is 1.78. The molecule has 0 spiro atoms. The maximum Gasteiger partial charge on any atom is 0.268 e. The first-order chi connectivity index (χ1) is 10.4. The van der Waals surface area contributed by atoms with Gasteiger partial charge in [-0.15, -0.1) is 21.5 Å². The molecule has 0 aliphatic rings. The van der Waals surface area contributed by atoms with E-state index in [9.17, 15) is 0 Å². The van der Waals surface area contributed by atoms with Crippen LogP contribution in [0.1, 0.15) is 5.82 Å². The smallest absolute Gasteiger partial charge is 0.268 e. The molecule has 0 radical (unpaired) electrons. The molecule has 0 N–H and O–H groups in total. The van der Waals surface area contributed by atoms with E-state index in [2.05, 4.69) is 20.3 Å². The van der Waals surface area contributed by atoms with Gasteiger partial charge in [-0.25, -0.2) is 0 Å². The summed E-state index contributed by atoms with van der Waals surface area (Å²) in [5, 5.41) is 14.8. The first kappa shape index (κ1) is 14.2. The molecule has 3 aromatic heterocycles. The second-order valence-corrected chi connectivity index (χ2v) is 5.97. The molecule has 0 aliphatic carbocycles. The number of hydrogen-bond acceptors (Lipinski definition) is 8. The topological polar surface area (TPSA) is 78.9 Å². The number of rotatable bonds is 7. The molecule has 3 rings (SSSR count). The monoisotopic (exact) mass is 323 g/mol. The van der Waals surface area contributed by atoms with E-state index in [1.807, 2.05) is 22.1 Å². The first-order valence-corrected chi connectivity index (χ1v) is 8.09. The van der Waals surface area contributed by atoms with Crippen molar-refractivity contribution in [1.82, 2.24) is 24.9 Å². The third-order valence-corrected chi connectivity index (χ3v) is 4.48. The van der Waals surface area contributed by atoms with Gasteiger partial charge in [0.2, 0.25) is 0 Å². The number of methoxy groups -OCH3 is 1. The van der Waals surface area contributed by atoms with Crippen LogP contribution in [0.25, 0.3) is 10.8 Å². The molecular weight excluding hydrogens is 310 g/mol. The molecule has 0 saturated heterocycles. The number of nitrogens with zero attached hydrogens (tertiary/aromatic N) is 5. The van der Waals surface area contributed by atoms with Gasteiger partial charge in [0, 0.05) is 13.7 Å². The second kappa shape index (κ2) is 6.83. The molecule has 0 fully saturated rings. The van der Waals surface area contributed by atoms with E-state index >= 15 is 0 Å². The van der Waals surface area contributed by atoms with Gasteiger partial charge in [-0.3, -0.25) is 0 Å². The highest BCUT2D eigenvalue weighted by Gasteiger charge is 2.12. The summed E-state index contributed by atoms with van der Waals surface area (Å²) >= 11 is 3.09. The van der Waals surface area contributed by atoms with Gasteiger partial charge in [-0.2, -0.15) is 4.98 Å². The minimum Gasteiger partial charge on any atom is -0.383 e. The van der Waals surface area contributed by atoms with Gasteiger partial charge in [0.05, 0.1) is 17.2 Å². The second-order valence-electron chi connectivity index (χ2n) is 4.08. The van der Waals surface area contributed by atoms with Crippen LogP contribution in [-0.4, -0.2) is 38.6 Å². The predicted octanol–water partition coefficient (Wildman–Crippen LogP) is 2.33. The highest BCUT2D eigenvalue weighted by molar-refractivity contribution is 7.98. The summed E-state index contributed by atoms with van der Waals surface area (Å²) in [4.78, 5) is 5.35. The fourth-order valence-corrected chi connectivity index (χ4v) is 3.07. The molecule has 3 aromatic rings. The van der Waals surface area contributed by atoms with E-state index in [-0.39, 0.29) is 0 Å². The number of thiophene rings is 1. The Morgan fingerprint density at radius 3 is 3.24 bits per heavy atom. The third-order valence-electron chi connectivity index (χ3n) is 2.65. The molecule has 0 unspecified atom stereocenters. The van der Waals surface area contributed by atoms with Crippen LogP contribution in [-0.2, 0) is 17.0 Å². The Labute approximate surface area is 129 Å². The lowest BCUT2D eigenvalue weighted by Crippen LogP contribution is -2.04. The lowest BCUT2D eigenvalue weighted by atomic mass is 10.5. The van der Waals surface area contributed by atoms with Gasteiger partial charge in [0.25, 0.3) is 5.89 Å². The maximum absolute atomic E-state index is 5.25. The first-order valence-electron chi connectivity index (χ1n) is 6.23. The fraction of sp³-hybridized carbons (Fsp3) is 0.333. The predicted molar refractivity (Wildman–Crippen MR) is 79.1 cm³/mol. The Morgan fingerprint density at radius 1 is 1.48 bits per heavy atom. The quantitative estimate of drug-likeness (QED) is 0.617. The van der Waals surface area contributed by atoms with E-state index in [1.54, 1.807) is 24.8 Å². The van der Waals surface area contributed by atoms with Crippen molar-refractivity contribution >= 4 is 23.1 Å². The molecule has 0 bridgehead atoms. The Morgan fingerprint density at radius 2 is 2.43 bits per heavy atom. The zero-order valence-electron chi connectivity index (χ0n) is 11.3. The van der Waals surface area contributed by atoms with Crippen molar-refractivity contribution in [3.05, 3.63) is 29.7 Å². The maximum atomic E-state index is 5.25. The Kier molecular flexibility index (Phi) is 4.63. The van der Waals surface area contributed by atoms with Crippen molar-refractivity contribution < 1.29 is 9.26 Å². The van der Waals surface area contributed by atoms with Crippen LogP contribution < -0.4 is 0 Å². The molecule has 0 saturated carbocycles. The molecule has 21 heavy (non-hydrogen) atoms. The SMILES string of the molecule is COCCn1cnnc1SCc1noc(-c2cccs2)n1.